The van der Waals surface area contributed by atoms with E-state index >= 15 is 0 Å². The fourth-order valence-electron chi connectivity index (χ4n) is 2.11. The van der Waals surface area contributed by atoms with Crippen LogP contribution in [0.1, 0.15) is 5.56 Å². The number of nitrogens with zero attached hydrogens (tertiary/aromatic N) is 1. The van der Waals surface area contributed by atoms with Crippen LogP contribution in [-0.4, -0.2) is 50.8 Å². The summed E-state index contributed by atoms with van der Waals surface area (Å²) in [7, 11) is 0. The van der Waals surface area contributed by atoms with Gasteiger partial charge in [-0.25, -0.2) is 4.39 Å². The van der Waals surface area contributed by atoms with Crippen molar-refractivity contribution in [3.05, 3.63) is 35.6 Å². The van der Waals surface area contributed by atoms with Crippen molar-refractivity contribution in [2.75, 3.05) is 45.9 Å². The molecule has 1 saturated heterocycles. The summed E-state index contributed by atoms with van der Waals surface area (Å²) in [4.78, 5) is 2.39. The lowest BCUT2D eigenvalue weighted by Gasteiger charge is -2.26. The van der Waals surface area contributed by atoms with Gasteiger partial charge in [-0.15, -0.1) is 0 Å². The standard InChI is InChI=1S/C14H21FN2O/c15-14-4-2-1-3-13(14)5-11-18-12-10-17-8-6-16-7-9-17/h1-4,16H,5-12H2. The Balaban J connectivity index is 1.57. The van der Waals surface area contributed by atoms with Crippen molar-refractivity contribution in [3.8, 4) is 0 Å². The topological polar surface area (TPSA) is 24.5 Å². The molecule has 4 heteroatoms. The summed E-state index contributed by atoms with van der Waals surface area (Å²) in [6.07, 6.45) is 0.647. The van der Waals surface area contributed by atoms with E-state index in [4.69, 9.17) is 4.74 Å². The van der Waals surface area contributed by atoms with Gasteiger partial charge in [0.25, 0.3) is 0 Å². The van der Waals surface area contributed by atoms with E-state index in [1.807, 2.05) is 12.1 Å². The van der Waals surface area contributed by atoms with Crippen molar-refractivity contribution in [2.45, 2.75) is 6.42 Å². The third-order valence-electron chi connectivity index (χ3n) is 3.24. The highest BCUT2D eigenvalue weighted by Gasteiger charge is 2.08. The van der Waals surface area contributed by atoms with Crippen molar-refractivity contribution >= 4 is 0 Å². The molecule has 1 aromatic rings. The molecule has 100 valence electrons. The van der Waals surface area contributed by atoms with Gasteiger partial charge in [0.05, 0.1) is 13.2 Å². The van der Waals surface area contributed by atoms with E-state index in [2.05, 4.69) is 10.2 Å². The molecule has 0 atom stereocenters. The lowest BCUT2D eigenvalue weighted by Crippen LogP contribution is -2.44. The van der Waals surface area contributed by atoms with Crippen LogP contribution in [-0.2, 0) is 11.2 Å². The van der Waals surface area contributed by atoms with E-state index in [-0.39, 0.29) is 5.82 Å². The molecule has 0 aliphatic carbocycles. The second-order valence-electron chi connectivity index (χ2n) is 4.55. The van der Waals surface area contributed by atoms with Gasteiger partial charge in [0.2, 0.25) is 0 Å². The minimum absolute atomic E-state index is 0.136. The first-order valence-electron chi connectivity index (χ1n) is 6.60. The molecule has 0 amide bonds. The fraction of sp³-hybridized carbons (Fsp3) is 0.571. The lowest BCUT2D eigenvalue weighted by atomic mass is 10.1. The van der Waals surface area contributed by atoms with Gasteiger partial charge in [-0.3, -0.25) is 4.90 Å². The highest BCUT2D eigenvalue weighted by Crippen LogP contribution is 2.06. The second kappa shape index (κ2) is 7.46. The molecular formula is C14H21FN2O. The summed E-state index contributed by atoms with van der Waals surface area (Å²) < 4.78 is 18.9. The maximum Gasteiger partial charge on any atom is 0.126 e. The first kappa shape index (κ1) is 13.5. The smallest absolute Gasteiger partial charge is 0.126 e. The van der Waals surface area contributed by atoms with Crippen molar-refractivity contribution in [1.82, 2.24) is 10.2 Å². The summed E-state index contributed by atoms with van der Waals surface area (Å²) in [6.45, 7) is 6.61. The predicted octanol–water partition coefficient (Wildman–Crippen LogP) is 1.29. The fourth-order valence-corrected chi connectivity index (χ4v) is 2.11. The van der Waals surface area contributed by atoms with E-state index in [9.17, 15) is 4.39 Å². The van der Waals surface area contributed by atoms with Crippen LogP contribution in [0.3, 0.4) is 0 Å². The average Bonchev–Trinajstić information content (AvgIpc) is 2.42. The Morgan fingerprint density at radius 2 is 1.94 bits per heavy atom. The zero-order valence-corrected chi connectivity index (χ0v) is 10.7. The molecule has 1 N–H and O–H groups in total. The van der Waals surface area contributed by atoms with Crippen molar-refractivity contribution in [2.24, 2.45) is 0 Å². The van der Waals surface area contributed by atoms with Crippen molar-refractivity contribution in [3.63, 3.8) is 0 Å². The molecule has 1 aromatic carbocycles. The van der Waals surface area contributed by atoms with E-state index < -0.39 is 0 Å². The normalized spacial score (nSPS) is 16.9. The van der Waals surface area contributed by atoms with E-state index in [0.29, 0.717) is 13.0 Å². The third kappa shape index (κ3) is 4.37. The summed E-state index contributed by atoms with van der Waals surface area (Å²) >= 11 is 0. The predicted molar refractivity (Wildman–Crippen MR) is 70.2 cm³/mol. The van der Waals surface area contributed by atoms with Gasteiger partial charge in [-0.05, 0) is 18.1 Å². The van der Waals surface area contributed by atoms with Crippen LogP contribution >= 0.6 is 0 Å². The molecule has 1 aliphatic heterocycles. The number of ether oxygens (including phenoxy) is 1. The van der Waals surface area contributed by atoms with Crippen LogP contribution in [0, 0.1) is 5.82 Å². The maximum atomic E-state index is 13.3. The highest BCUT2D eigenvalue weighted by molar-refractivity contribution is 5.17. The SMILES string of the molecule is Fc1ccccc1CCOCCN1CCNCC1. The molecule has 0 saturated carbocycles. The number of halogens is 1. The minimum Gasteiger partial charge on any atom is -0.380 e. The largest absolute Gasteiger partial charge is 0.380 e. The number of benzene rings is 1. The zero-order valence-electron chi connectivity index (χ0n) is 10.7. The van der Waals surface area contributed by atoms with Crippen LogP contribution < -0.4 is 5.32 Å². The molecule has 0 unspecified atom stereocenters. The quantitative estimate of drug-likeness (QED) is 0.772. The van der Waals surface area contributed by atoms with Gasteiger partial charge < -0.3 is 10.1 Å². The van der Waals surface area contributed by atoms with Crippen LogP contribution in [0.5, 0.6) is 0 Å². The number of rotatable bonds is 6. The first-order valence-corrected chi connectivity index (χ1v) is 6.60. The molecule has 0 bridgehead atoms. The number of hydrogen-bond acceptors (Lipinski definition) is 3. The molecule has 0 aromatic heterocycles. The molecular weight excluding hydrogens is 231 g/mol. The monoisotopic (exact) mass is 252 g/mol. The van der Waals surface area contributed by atoms with E-state index in [1.165, 1.54) is 6.07 Å². The number of nitrogens with one attached hydrogen (secondary N) is 1. The van der Waals surface area contributed by atoms with Crippen LogP contribution in [0.15, 0.2) is 24.3 Å². The Morgan fingerprint density at radius 1 is 1.17 bits per heavy atom. The molecule has 1 heterocycles. The van der Waals surface area contributed by atoms with Crippen LogP contribution in [0.25, 0.3) is 0 Å². The van der Waals surface area contributed by atoms with Gasteiger partial charge in [0.1, 0.15) is 5.82 Å². The van der Waals surface area contributed by atoms with Gasteiger partial charge >= 0.3 is 0 Å². The van der Waals surface area contributed by atoms with Gasteiger partial charge in [-0.2, -0.15) is 0 Å². The summed E-state index contributed by atoms with van der Waals surface area (Å²) in [5.74, 6) is -0.136. The van der Waals surface area contributed by atoms with E-state index in [0.717, 1.165) is 44.9 Å². The molecule has 1 fully saturated rings. The van der Waals surface area contributed by atoms with Crippen molar-refractivity contribution in [1.29, 1.82) is 0 Å². The van der Waals surface area contributed by atoms with Gasteiger partial charge in [-0.1, -0.05) is 18.2 Å². The first-order chi connectivity index (χ1) is 8.86. The molecule has 2 rings (SSSR count). The Kier molecular flexibility index (Phi) is 5.58. The summed E-state index contributed by atoms with van der Waals surface area (Å²) in [6, 6.07) is 6.88. The Morgan fingerprint density at radius 3 is 2.72 bits per heavy atom. The highest BCUT2D eigenvalue weighted by atomic mass is 19.1. The van der Waals surface area contributed by atoms with Gasteiger partial charge in [0.15, 0.2) is 0 Å². The van der Waals surface area contributed by atoms with Gasteiger partial charge in [0, 0.05) is 32.7 Å². The average molecular weight is 252 g/mol. The third-order valence-corrected chi connectivity index (χ3v) is 3.24. The molecule has 3 nitrogen and oxygen atoms in total. The molecule has 0 spiro atoms. The molecule has 18 heavy (non-hydrogen) atoms. The Labute approximate surface area is 108 Å². The maximum absolute atomic E-state index is 13.3. The zero-order chi connectivity index (χ0) is 12.6. The number of piperazine rings is 1. The van der Waals surface area contributed by atoms with Crippen molar-refractivity contribution < 1.29 is 9.13 Å². The lowest BCUT2D eigenvalue weighted by molar-refractivity contribution is 0.101. The Hall–Kier alpha value is -0.970. The molecule has 0 radical (unpaired) electrons. The van der Waals surface area contributed by atoms with Crippen LogP contribution in [0.2, 0.25) is 0 Å². The van der Waals surface area contributed by atoms with Crippen LogP contribution in [0.4, 0.5) is 4.39 Å². The number of hydrogen-bond donors (Lipinski definition) is 1. The molecule has 1 aliphatic rings. The van der Waals surface area contributed by atoms with E-state index in [1.54, 1.807) is 6.07 Å². The second-order valence-corrected chi connectivity index (χ2v) is 4.55. The summed E-state index contributed by atoms with van der Waals surface area (Å²) in [5.41, 5.74) is 0.736. The Bertz CT molecular complexity index is 353. The summed E-state index contributed by atoms with van der Waals surface area (Å²) in [5, 5.41) is 3.32. The minimum atomic E-state index is -0.136.